The summed E-state index contributed by atoms with van der Waals surface area (Å²) in [5, 5.41) is 7.83. The van der Waals surface area contributed by atoms with Crippen LogP contribution in [-0.2, 0) is 0 Å². The maximum Gasteiger partial charge on any atom is 0.174 e. The molecule has 0 fully saturated rings. The van der Waals surface area contributed by atoms with Crippen LogP contribution in [0.4, 0.5) is 5.82 Å². The molecule has 0 bridgehead atoms. The highest BCUT2D eigenvalue weighted by Crippen LogP contribution is 2.17. The summed E-state index contributed by atoms with van der Waals surface area (Å²) in [6.07, 6.45) is 3.48. The lowest BCUT2D eigenvalue weighted by Gasteiger charge is -2.28. The fourth-order valence-electron chi connectivity index (χ4n) is 2.65. The second-order valence-electron chi connectivity index (χ2n) is 6.86. The molecule has 0 unspecified atom stereocenters. The van der Waals surface area contributed by atoms with Gasteiger partial charge in [-0.25, -0.2) is 9.67 Å². The number of hydrogen-bond acceptors (Lipinski definition) is 5. The number of hydrogen-bond donors (Lipinski definition) is 1. The third-order valence-corrected chi connectivity index (χ3v) is 3.34. The molecule has 120 valence electrons. The summed E-state index contributed by atoms with van der Waals surface area (Å²) in [5.41, 5.74) is 2.18. The van der Waals surface area contributed by atoms with Crippen LogP contribution in [0.25, 0.3) is 5.82 Å². The van der Waals surface area contributed by atoms with Crippen molar-refractivity contribution in [2.45, 2.75) is 27.7 Å². The molecule has 0 saturated carbocycles. The van der Waals surface area contributed by atoms with Crippen molar-refractivity contribution < 1.29 is 0 Å². The Morgan fingerprint density at radius 1 is 1.23 bits per heavy atom. The fourth-order valence-corrected chi connectivity index (χ4v) is 2.65. The molecule has 0 aliphatic rings. The minimum absolute atomic E-state index is 0.152. The van der Waals surface area contributed by atoms with Gasteiger partial charge in [0, 0.05) is 18.8 Å². The highest BCUT2D eigenvalue weighted by Gasteiger charge is 2.19. The van der Waals surface area contributed by atoms with Gasteiger partial charge in [0.1, 0.15) is 5.82 Å². The van der Waals surface area contributed by atoms with Crippen LogP contribution < -0.4 is 5.32 Å². The van der Waals surface area contributed by atoms with Crippen LogP contribution in [0.3, 0.4) is 0 Å². The number of rotatable bonds is 6. The molecule has 2 rings (SSSR count). The van der Waals surface area contributed by atoms with Gasteiger partial charge >= 0.3 is 0 Å². The predicted octanol–water partition coefficient (Wildman–Crippen LogP) is 2.28. The van der Waals surface area contributed by atoms with E-state index in [0.717, 1.165) is 36.1 Å². The number of nitrogens with one attached hydrogen (secondary N) is 1. The molecule has 2 aromatic rings. The first-order valence-corrected chi connectivity index (χ1v) is 7.51. The summed E-state index contributed by atoms with van der Waals surface area (Å²) in [7, 11) is 4.18. The van der Waals surface area contributed by atoms with Crippen LogP contribution in [-0.4, -0.2) is 51.8 Å². The van der Waals surface area contributed by atoms with E-state index in [-0.39, 0.29) is 5.41 Å². The molecule has 6 heteroatoms. The van der Waals surface area contributed by atoms with Crippen molar-refractivity contribution >= 4 is 5.82 Å². The Hall–Kier alpha value is -1.95. The Morgan fingerprint density at radius 2 is 1.95 bits per heavy atom. The smallest absolute Gasteiger partial charge is 0.174 e. The molecule has 1 N–H and O–H groups in total. The van der Waals surface area contributed by atoms with Gasteiger partial charge in [-0.1, -0.05) is 13.8 Å². The Kier molecular flexibility index (Phi) is 4.81. The van der Waals surface area contributed by atoms with Crippen molar-refractivity contribution in [3.05, 3.63) is 29.8 Å². The third kappa shape index (κ3) is 4.27. The maximum atomic E-state index is 4.61. The van der Waals surface area contributed by atoms with E-state index in [1.54, 1.807) is 12.4 Å². The van der Waals surface area contributed by atoms with Gasteiger partial charge in [0.2, 0.25) is 0 Å². The van der Waals surface area contributed by atoms with Crippen molar-refractivity contribution in [1.29, 1.82) is 0 Å². The first-order chi connectivity index (χ1) is 10.3. The summed E-state index contributed by atoms with van der Waals surface area (Å²) in [4.78, 5) is 11.1. The van der Waals surface area contributed by atoms with Crippen molar-refractivity contribution in [1.82, 2.24) is 24.6 Å². The molecule has 0 aliphatic heterocycles. The summed E-state index contributed by atoms with van der Waals surface area (Å²) in [6, 6.07) is 2.03. The molecular formula is C16H26N6. The molecule has 0 amide bonds. The van der Waals surface area contributed by atoms with E-state index in [1.807, 2.05) is 24.6 Å². The lowest BCUT2D eigenvalue weighted by molar-refractivity contribution is 0.254. The average Bonchev–Trinajstić information content (AvgIpc) is 2.75. The van der Waals surface area contributed by atoms with Gasteiger partial charge in [-0.15, -0.1) is 0 Å². The first-order valence-electron chi connectivity index (χ1n) is 7.51. The molecule has 6 nitrogen and oxygen atoms in total. The van der Waals surface area contributed by atoms with Gasteiger partial charge in [-0.3, -0.25) is 4.98 Å². The van der Waals surface area contributed by atoms with E-state index in [4.69, 9.17) is 0 Å². The van der Waals surface area contributed by atoms with E-state index in [0.29, 0.717) is 0 Å². The molecule has 2 aromatic heterocycles. The second-order valence-corrected chi connectivity index (χ2v) is 6.86. The SMILES string of the molecule is Cc1cc(C)n(-c2cncc(NCC(C)(C)CN(C)C)n2)n1. The topological polar surface area (TPSA) is 58.9 Å². The lowest BCUT2D eigenvalue weighted by atomic mass is 9.93. The zero-order chi connectivity index (χ0) is 16.3. The highest BCUT2D eigenvalue weighted by atomic mass is 15.3. The van der Waals surface area contributed by atoms with Crippen LogP contribution in [0.15, 0.2) is 18.5 Å². The van der Waals surface area contributed by atoms with E-state index < -0.39 is 0 Å². The van der Waals surface area contributed by atoms with E-state index in [9.17, 15) is 0 Å². The monoisotopic (exact) mass is 302 g/mol. The van der Waals surface area contributed by atoms with Gasteiger partial charge < -0.3 is 10.2 Å². The van der Waals surface area contributed by atoms with Crippen molar-refractivity contribution in [2.24, 2.45) is 5.41 Å². The van der Waals surface area contributed by atoms with E-state index >= 15 is 0 Å². The normalized spacial score (nSPS) is 12.0. The van der Waals surface area contributed by atoms with Crippen LogP contribution in [0.5, 0.6) is 0 Å². The Labute approximate surface area is 132 Å². The highest BCUT2D eigenvalue weighted by molar-refractivity contribution is 5.36. The third-order valence-electron chi connectivity index (χ3n) is 3.34. The zero-order valence-corrected chi connectivity index (χ0v) is 14.4. The Bertz CT molecular complexity index is 629. The zero-order valence-electron chi connectivity index (χ0n) is 14.4. The molecular weight excluding hydrogens is 276 g/mol. The quantitative estimate of drug-likeness (QED) is 0.887. The van der Waals surface area contributed by atoms with Crippen molar-refractivity contribution in [3.8, 4) is 5.82 Å². The van der Waals surface area contributed by atoms with E-state index in [2.05, 4.69) is 53.2 Å². The fraction of sp³-hybridized carbons (Fsp3) is 0.562. The van der Waals surface area contributed by atoms with Crippen molar-refractivity contribution in [2.75, 3.05) is 32.5 Å². The predicted molar refractivity (Wildman–Crippen MR) is 89.5 cm³/mol. The lowest BCUT2D eigenvalue weighted by Crippen LogP contribution is -2.34. The van der Waals surface area contributed by atoms with Crippen LogP contribution in [0, 0.1) is 19.3 Å². The summed E-state index contributed by atoms with van der Waals surface area (Å²) in [6.45, 7) is 10.3. The minimum atomic E-state index is 0.152. The largest absolute Gasteiger partial charge is 0.368 e. The number of anilines is 1. The molecule has 0 aliphatic carbocycles. The van der Waals surface area contributed by atoms with Gasteiger partial charge in [-0.2, -0.15) is 5.10 Å². The Balaban J connectivity index is 2.11. The summed E-state index contributed by atoms with van der Waals surface area (Å²) < 4.78 is 1.82. The maximum absolute atomic E-state index is 4.61. The molecule has 0 radical (unpaired) electrons. The summed E-state index contributed by atoms with van der Waals surface area (Å²) in [5.74, 6) is 1.51. The van der Waals surface area contributed by atoms with Gasteiger partial charge in [-0.05, 0) is 39.4 Å². The van der Waals surface area contributed by atoms with Crippen LogP contribution in [0.1, 0.15) is 25.2 Å². The molecule has 2 heterocycles. The van der Waals surface area contributed by atoms with E-state index in [1.165, 1.54) is 0 Å². The molecule has 22 heavy (non-hydrogen) atoms. The molecule has 0 saturated heterocycles. The number of aromatic nitrogens is 4. The first kappa shape index (κ1) is 16.4. The number of aryl methyl sites for hydroxylation is 2. The van der Waals surface area contributed by atoms with Gasteiger partial charge in [0.05, 0.1) is 18.1 Å². The second kappa shape index (κ2) is 6.44. The van der Waals surface area contributed by atoms with Crippen molar-refractivity contribution in [3.63, 3.8) is 0 Å². The van der Waals surface area contributed by atoms with Gasteiger partial charge in [0.25, 0.3) is 0 Å². The molecule has 0 aromatic carbocycles. The minimum Gasteiger partial charge on any atom is -0.368 e. The standard InChI is InChI=1S/C16H26N6/c1-12-7-13(2)22(20-12)15-9-17-8-14(19-15)18-10-16(3,4)11-21(5)6/h7-9H,10-11H2,1-6H3,(H,18,19). The molecule has 0 atom stereocenters. The molecule has 0 spiro atoms. The summed E-state index contributed by atoms with van der Waals surface area (Å²) >= 11 is 0. The number of nitrogens with zero attached hydrogens (tertiary/aromatic N) is 5. The van der Waals surface area contributed by atoms with Gasteiger partial charge in [0.15, 0.2) is 5.82 Å². The van der Waals surface area contributed by atoms with Crippen LogP contribution >= 0.6 is 0 Å². The Morgan fingerprint density at radius 3 is 2.55 bits per heavy atom. The average molecular weight is 302 g/mol. The van der Waals surface area contributed by atoms with Crippen LogP contribution in [0.2, 0.25) is 0 Å².